The Labute approximate surface area is 126 Å². The zero-order chi connectivity index (χ0) is 15.8. The van der Waals surface area contributed by atoms with Gasteiger partial charge in [-0.25, -0.2) is 0 Å². The lowest BCUT2D eigenvalue weighted by molar-refractivity contribution is -0.190. The first-order chi connectivity index (χ1) is 9.66. The fraction of sp³-hybridized carbons (Fsp3) is 0.571. The second-order valence-electron chi connectivity index (χ2n) is 5.69. The van der Waals surface area contributed by atoms with Crippen molar-refractivity contribution in [2.75, 3.05) is 20.1 Å². The Morgan fingerprint density at radius 3 is 2.52 bits per heavy atom. The number of hydrogen-bond acceptors (Lipinski definition) is 3. The van der Waals surface area contributed by atoms with Crippen LogP contribution in [0.1, 0.15) is 28.8 Å². The molecule has 0 spiro atoms. The number of likely N-dealkylation sites (N-methyl/N-ethyl adjacent to an activating group) is 1. The van der Waals surface area contributed by atoms with Gasteiger partial charge in [-0.1, -0.05) is 11.6 Å². The van der Waals surface area contributed by atoms with Gasteiger partial charge < -0.3 is 0 Å². The Bertz CT molecular complexity index is 535. The third-order valence-electron chi connectivity index (χ3n) is 3.81. The fourth-order valence-electron chi connectivity index (χ4n) is 2.46. The van der Waals surface area contributed by atoms with Gasteiger partial charge in [-0.15, -0.1) is 0 Å². The molecule has 0 aliphatic heterocycles. The highest BCUT2D eigenvalue weighted by molar-refractivity contribution is 6.34. The van der Waals surface area contributed by atoms with Crippen molar-refractivity contribution in [2.24, 2.45) is 5.41 Å². The molecule has 7 heteroatoms. The second-order valence-corrected chi connectivity index (χ2v) is 6.09. The molecule has 3 nitrogen and oxygen atoms in total. The van der Waals surface area contributed by atoms with Crippen LogP contribution in [0.2, 0.25) is 5.02 Å². The molecule has 0 unspecified atom stereocenters. The quantitative estimate of drug-likeness (QED) is 0.779. The maximum absolute atomic E-state index is 12.9. The summed E-state index contributed by atoms with van der Waals surface area (Å²) in [6.45, 7) is 1.44. The van der Waals surface area contributed by atoms with E-state index < -0.39 is 11.6 Å². The molecule has 0 N–H and O–H groups in total. The number of ketones is 1. The van der Waals surface area contributed by atoms with Crippen LogP contribution in [0.4, 0.5) is 13.2 Å². The summed E-state index contributed by atoms with van der Waals surface area (Å²) >= 11 is 5.94. The summed E-state index contributed by atoms with van der Waals surface area (Å²) in [6, 6.07) is 0. The van der Waals surface area contributed by atoms with Crippen molar-refractivity contribution in [1.29, 1.82) is 0 Å². The molecule has 0 bridgehead atoms. The van der Waals surface area contributed by atoms with Crippen LogP contribution >= 0.6 is 11.6 Å². The lowest BCUT2D eigenvalue weighted by Gasteiger charge is -2.25. The Morgan fingerprint density at radius 1 is 1.43 bits per heavy atom. The minimum absolute atomic E-state index is 0.0948. The van der Waals surface area contributed by atoms with E-state index in [0.717, 1.165) is 0 Å². The molecular weight excluding hydrogens is 305 g/mol. The molecule has 1 aromatic rings. The van der Waals surface area contributed by atoms with Crippen LogP contribution in [-0.2, 0) is 0 Å². The second kappa shape index (κ2) is 5.57. The summed E-state index contributed by atoms with van der Waals surface area (Å²) in [5, 5.41) is 0.227. The predicted molar refractivity (Wildman–Crippen MR) is 73.5 cm³/mol. The van der Waals surface area contributed by atoms with E-state index in [2.05, 4.69) is 4.98 Å². The van der Waals surface area contributed by atoms with Crippen molar-refractivity contribution in [3.8, 4) is 0 Å². The van der Waals surface area contributed by atoms with E-state index in [1.54, 1.807) is 6.92 Å². The summed E-state index contributed by atoms with van der Waals surface area (Å²) in [4.78, 5) is 17.5. The molecule has 1 aliphatic rings. The molecule has 1 heterocycles. The van der Waals surface area contributed by atoms with E-state index >= 15 is 0 Å². The number of Topliss-reactive ketones (excluding diaryl/α,β-unsaturated/α-hetero) is 1. The van der Waals surface area contributed by atoms with Crippen LogP contribution in [0, 0.1) is 12.3 Å². The minimum atomic E-state index is -4.21. The van der Waals surface area contributed by atoms with E-state index in [1.807, 2.05) is 0 Å². The molecule has 1 aliphatic carbocycles. The molecule has 1 saturated carbocycles. The number of aromatic nitrogens is 1. The SMILES string of the molecule is Cc1cncc(Cl)c1C(=O)CN(C)CC1(C(F)(F)F)CC1. The van der Waals surface area contributed by atoms with E-state index in [4.69, 9.17) is 11.6 Å². The number of alkyl halides is 3. The van der Waals surface area contributed by atoms with Gasteiger partial charge in [0.15, 0.2) is 5.78 Å². The Balaban J connectivity index is 2.04. The van der Waals surface area contributed by atoms with Gasteiger partial charge in [0.25, 0.3) is 0 Å². The molecule has 0 amide bonds. The number of pyridine rings is 1. The van der Waals surface area contributed by atoms with Gasteiger partial charge in [0.2, 0.25) is 0 Å². The van der Waals surface area contributed by atoms with Crippen molar-refractivity contribution in [1.82, 2.24) is 9.88 Å². The number of carbonyl (C=O) groups excluding carboxylic acids is 1. The fourth-order valence-corrected chi connectivity index (χ4v) is 2.77. The Morgan fingerprint density at radius 2 is 2.05 bits per heavy atom. The average Bonchev–Trinajstić information content (AvgIpc) is 3.08. The van der Waals surface area contributed by atoms with E-state index in [-0.39, 0.29) is 36.7 Å². The van der Waals surface area contributed by atoms with E-state index in [0.29, 0.717) is 11.1 Å². The molecule has 0 aromatic carbocycles. The lowest BCUT2D eigenvalue weighted by atomic mass is 10.0. The third kappa shape index (κ3) is 3.37. The molecule has 0 radical (unpaired) electrons. The van der Waals surface area contributed by atoms with Crippen molar-refractivity contribution < 1.29 is 18.0 Å². The number of carbonyl (C=O) groups is 1. The third-order valence-corrected chi connectivity index (χ3v) is 4.10. The monoisotopic (exact) mass is 320 g/mol. The summed E-state index contributed by atoms with van der Waals surface area (Å²) in [5.41, 5.74) is -0.688. The zero-order valence-corrected chi connectivity index (χ0v) is 12.6. The molecule has 0 atom stereocenters. The van der Waals surface area contributed by atoms with Crippen LogP contribution in [-0.4, -0.2) is 42.0 Å². The first-order valence-electron chi connectivity index (χ1n) is 6.55. The number of hydrogen-bond donors (Lipinski definition) is 0. The Kier molecular flexibility index (Phi) is 4.31. The van der Waals surface area contributed by atoms with Crippen molar-refractivity contribution >= 4 is 17.4 Å². The highest BCUT2D eigenvalue weighted by atomic mass is 35.5. The number of rotatable bonds is 5. The van der Waals surface area contributed by atoms with Crippen LogP contribution in [0.25, 0.3) is 0 Å². The van der Waals surface area contributed by atoms with Gasteiger partial charge >= 0.3 is 6.18 Å². The Hall–Kier alpha value is -1.14. The highest BCUT2D eigenvalue weighted by Crippen LogP contribution is 2.57. The van der Waals surface area contributed by atoms with Gasteiger partial charge in [0.1, 0.15) is 0 Å². The molecule has 116 valence electrons. The van der Waals surface area contributed by atoms with Crippen molar-refractivity contribution in [3.63, 3.8) is 0 Å². The van der Waals surface area contributed by atoms with Crippen molar-refractivity contribution in [2.45, 2.75) is 25.9 Å². The molecule has 1 aromatic heterocycles. The number of halogens is 4. The predicted octanol–water partition coefficient (Wildman–Crippen LogP) is 3.50. The molecule has 1 fully saturated rings. The van der Waals surface area contributed by atoms with Crippen LogP contribution < -0.4 is 0 Å². The molecule has 0 saturated heterocycles. The highest BCUT2D eigenvalue weighted by Gasteiger charge is 2.63. The van der Waals surface area contributed by atoms with Crippen LogP contribution in [0.15, 0.2) is 12.4 Å². The summed E-state index contributed by atoms with van der Waals surface area (Å²) in [6.07, 6.45) is -1.08. The number of nitrogens with zero attached hydrogens (tertiary/aromatic N) is 2. The molecular formula is C14H16ClF3N2O. The van der Waals surface area contributed by atoms with Gasteiger partial charge in [0.05, 0.1) is 17.0 Å². The minimum Gasteiger partial charge on any atom is -0.298 e. The van der Waals surface area contributed by atoms with Gasteiger partial charge in [-0.2, -0.15) is 13.2 Å². The van der Waals surface area contributed by atoms with Gasteiger partial charge in [-0.05, 0) is 32.4 Å². The molecule has 21 heavy (non-hydrogen) atoms. The van der Waals surface area contributed by atoms with E-state index in [1.165, 1.54) is 24.3 Å². The van der Waals surface area contributed by atoms with E-state index in [9.17, 15) is 18.0 Å². The lowest BCUT2D eigenvalue weighted by Crippen LogP contribution is -2.38. The summed E-state index contributed by atoms with van der Waals surface area (Å²) in [7, 11) is 1.52. The van der Waals surface area contributed by atoms with Crippen LogP contribution in [0.3, 0.4) is 0 Å². The maximum atomic E-state index is 12.9. The maximum Gasteiger partial charge on any atom is 0.395 e. The smallest absolute Gasteiger partial charge is 0.298 e. The topological polar surface area (TPSA) is 33.2 Å². The summed E-state index contributed by atoms with van der Waals surface area (Å²) < 4.78 is 38.7. The zero-order valence-electron chi connectivity index (χ0n) is 11.8. The normalized spacial score (nSPS) is 17.1. The average molecular weight is 321 g/mol. The first-order valence-corrected chi connectivity index (χ1v) is 6.93. The van der Waals surface area contributed by atoms with Gasteiger partial charge in [-0.3, -0.25) is 14.7 Å². The van der Waals surface area contributed by atoms with Crippen LogP contribution in [0.5, 0.6) is 0 Å². The largest absolute Gasteiger partial charge is 0.395 e. The number of aryl methyl sites for hydroxylation is 1. The summed E-state index contributed by atoms with van der Waals surface area (Å²) in [5.74, 6) is -0.291. The molecule has 2 rings (SSSR count). The first kappa shape index (κ1) is 16.2. The van der Waals surface area contributed by atoms with Crippen molar-refractivity contribution in [3.05, 3.63) is 28.5 Å². The van der Waals surface area contributed by atoms with Gasteiger partial charge in [0, 0.05) is 24.5 Å². The standard InChI is InChI=1S/C14H16ClF3N2O/c1-9-5-19-6-10(15)12(9)11(21)7-20(2)8-13(3-4-13)14(16,17)18/h5-6H,3-4,7-8H2,1-2H3.